The number of benzene rings is 3. The van der Waals surface area contributed by atoms with Gasteiger partial charge in [-0.2, -0.15) is 0 Å². The minimum atomic E-state index is 0.753. The molecule has 0 spiro atoms. The van der Waals surface area contributed by atoms with Crippen molar-refractivity contribution in [1.29, 1.82) is 0 Å². The number of anilines is 2. The van der Waals surface area contributed by atoms with Gasteiger partial charge in [-0.3, -0.25) is 0 Å². The Morgan fingerprint density at radius 1 is 0.871 bits per heavy atom. The van der Waals surface area contributed by atoms with E-state index in [1.807, 2.05) is 42.5 Å². The van der Waals surface area contributed by atoms with Gasteiger partial charge in [0.25, 0.3) is 0 Å². The van der Waals surface area contributed by atoms with Gasteiger partial charge in [-0.15, -0.1) is 0 Å². The van der Waals surface area contributed by atoms with Crippen LogP contribution in [0.25, 0.3) is 27.8 Å². The first-order chi connectivity index (χ1) is 15.2. The van der Waals surface area contributed by atoms with E-state index in [1.165, 1.54) is 5.56 Å². The summed E-state index contributed by atoms with van der Waals surface area (Å²) in [4.78, 5) is 9.25. The Hall–Kier alpha value is -4.12. The van der Waals surface area contributed by atoms with E-state index in [9.17, 15) is 0 Å². The number of methoxy groups -OCH3 is 1. The van der Waals surface area contributed by atoms with E-state index in [0.29, 0.717) is 0 Å². The van der Waals surface area contributed by atoms with Crippen molar-refractivity contribution in [3.63, 3.8) is 0 Å². The predicted molar refractivity (Wildman–Crippen MR) is 125 cm³/mol. The monoisotopic (exact) mass is 406 g/mol. The fourth-order valence-corrected chi connectivity index (χ4v) is 3.81. The van der Waals surface area contributed by atoms with E-state index in [0.717, 1.165) is 45.1 Å². The van der Waals surface area contributed by atoms with Crippen LogP contribution in [0, 0.1) is 6.92 Å². The quantitative estimate of drug-likeness (QED) is 0.380. The molecule has 2 heterocycles. The third-order valence-electron chi connectivity index (χ3n) is 5.28. The van der Waals surface area contributed by atoms with Crippen LogP contribution in [0.3, 0.4) is 0 Å². The Morgan fingerprint density at radius 3 is 2.52 bits per heavy atom. The van der Waals surface area contributed by atoms with Crippen molar-refractivity contribution >= 4 is 22.5 Å². The molecule has 5 aromatic rings. The molecule has 0 aliphatic heterocycles. The predicted octanol–water partition coefficient (Wildman–Crippen LogP) is 6.15. The summed E-state index contributed by atoms with van der Waals surface area (Å²) in [6, 6.07) is 26.6. The summed E-state index contributed by atoms with van der Waals surface area (Å²) in [6.45, 7) is 2.10. The van der Waals surface area contributed by atoms with Gasteiger partial charge in [0, 0.05) is 29.2 Å². The first-order valence-electron chi connectivity index (χ1n) is 10.1. The van der Waals surface area contributed by atoms with Crippen molar-refractivity contribution in [2.45, 2.75) is 6.92 Å². The molecule has 0 aliphatic carbocycles. The molecule has 31 heavy (non-hydrogen) atoms. The van der Waals surface area contributed by atoms with Crippen molar-refractivity contribution in [3.8, 4) is 22.6 Å². The SMILES string of the molecule is COc1cccc(Nc2ncnc3c2c(-c2ccccc2)cn3-c2cccc(C)c2)c1. The van der Waals surface area contributed by atoms with Crippen molar-refractivity contribution in [1.82, 2.24) is 14.5 Å². The lowest BCUT2D eigenvalue weighted by atomic mass is 10.1. The maximum atomic E-state index is 5.37. The van der Waals surface area contributed by atoms with Crippen LogP contribution >= 0.6 is 0 Å². The standard InChI is InChI=1S/C26H22N4O/c1-18-8-6-12-21(14-18)30-16-23(19-9-4-3-5-10-19)24-25(27-17-28-26(24)30)29-20-11-7-13-22(15-20)31-2/h3-17H,1-2H3,(H,27,28,29). The maximum absolute atomic E-state index is 5.37. The first kappa shape index (κ1) is 18.9. The molecule has 5 nitrogen and oxygen atoms in total. The van der Waals surface area contributed by atoms with Gasteiger partial charge in [-0.25, -0.2) is 9.97 Å². The summed E-state index contributed by atoms with van der Waals surface area (Å²) in [5, 5.41) is 4.43. The largest absolute Gasteiger partial charge is 0.497 e. The molecule has 0 unspecified atom stereocenters. The van der Waals surface area contributed by atoms with Gasteiger partial charge in [0.2, 0.25) is 0 Å². The fourth-order valence-electron chi connectivity index (χ4n) is 3.81. The normalized spacial score (nSPS) is 10.9. The smallest absolute Gasteiger partial charge is 0.150 e. The topological polar surface area (TPSA) is 52.0 Å². The Bertz CT molecular complexity index is 1360. The summed E-state index contributed by atoms with van der Waals surface area (Å²) in [6.07, 6.45) is 3.74. The average Bonchev–Trinajstić information content (AvgIpc) is 3.21. The molecule has 0 saturated carbocycles. The third kappa shape index (κ3) is 3.62. The summed E-state index contributed by atoms with van der Waals surface area (Å²) in [5.74, 6) is 1.54. The zero-order chi connectivity index (χ0) is 21.2. The van der Waals surface area contributed by atoms with Crippen LogP contribution in [0.1, 0.15) is 5.56 Å². The first-order valence-corrected chi connectivity index (χ1v) is 10.1. The Labute approximate surface area is 181 Å². The highest BCUT2D eigenvalue weighted by molar-refractivity contribution is 6.03. The molecule has 0 bridgehead atoms. The number of aryl methyl sites for hydroxylation is 1. The molecule has 0 aliphatic rings. The van der Waals surface area contributed by atoms with Gasteiger partial charge in [-0.05, 0) is 42.3 Å². The molecular weight excluding hydrogens is 384 g/mol. The summed E-state index contributed by atoms with van der Waals surface area (Å²) in [7, 11) is 1.66. The highest BCUT2D eigenvalue weighted by Gasteiger charge is 2.17. The molecule has 2 aromatic heterocycles. The van der Waals surface area contributed by atoms with E-state index in [-0.39, 0.29) is 0 Å². The molecule has 1 N–H and O–H groups in total. The van der Waals surface area contributed by atoms with Crippen molar-refractivity contribution in [2.75, 3.05) is 12.4 Å². The van der Waals surface area contributed by atoms with Crippen molar-refractivity contribution in [2.24, 2.45) is 0 Å². The number of hydrogen-bond donors (Lipinski definition) is 1. The minimum Gasteiger partial charge on any atom is -0.497 e. The molecule has 0 radical (unpaired) electrons. The van der Waals surface area contributed by atoms with E-state index >= 15 is 0 Å². The van der Waals surface area contributed by atoms with Crippen LogP contribution in [0.15, 0.2) is 91.4 Å². The molecule has 0 atom stereocenters. The molecule has 5 heteroatoms. The molecular formula is C26H22N4O. The fraction of sp³-hybridized carbons (Fsp3) is 0.0769. The van der Waals surface area contributed by atoms with Crippen LogP contribution in [-0.4, -0.2) is 21.6 Å². The number of hydrogen-bond acceptors (Lipinski definition) is 4. The number of aromatic nitrogens is 3. The number of ether oxygens (including phenoxy) is 1. The second kappa shape index (κ2) is 7.95. The maximum Gasteiger partial charge on any atom is 0.150 e. The number of rotatable bonds is 5. The van der Waals surface area contributed by atoms with E-state index in [1.54, 1.807) is 13.4 Å². The Kier molecular flexibility index (Phi) is 4.84. The molecule has 0 saturated heterocycles. The second-order valence-electron chi connectivity index (χ2n) is 7.40. The van der Waals surface area contributed by atoms with Gasteiger partial charge in [0.05, 0.1) is 12.5 Å². The molecule has 152 valence electrons. The molecule has 5 rings (SSSR count). The van der Waals surface area contributed by atoms with Gasteiger partial charge < -0.3 is 14.6 Å². The van der Waals surface area contributed by atoms with Gasteiger partial charge in [0.1, 0.15) is 17.9 Å². The van der Waals surface area contributed by atoms with Crippen LogP contribution in [0.4, 0.5) is 11.5 Å². The Balaban J connectivity index is 1.73. The van der Waals surface area contributed by atoms with E-state index in [4.69, 9.17) is 4.74 Å². The number of nitrogens with one attached hydrogen (secondary N) is 1. The third-order valence-corrected chi connectivity index (χ3v) is 5.28. The van der Waals surface area contributed by atoms with Gasteiger partial charge >= 0.3 is 0 Å². The molecule has 3 aromatic carbocycles. The lowest BCUT2D eigenvalue weighted by Crippen LogP contribution is -1.98. The molecule has 0 fully saturated rings. The summed E-state index contributed by atoms with van der Waals surface area (Å²) in [5.41, 5.74) is 6.21. The minimum absolute atomic E-state index is 0.753. The van der Waals surface area contributed by atoms with Crippen molar-refractivity contribution in [3.05, 3.63) is 97.0 Å². The average molecular weight is 406 g/mol. The van der Waals surface area contributed by atoms with Crippen LogP contribution in [0.5, 0.6) is 5.75 Å². The number of fused-ring (bicyclic) bond motifs is 1. The van der Waals surface area contributed by atoms with E-state index < -0.39 is 0 Å². The van der Waals surface area contributed by atoms with Crippen LogP contribution < -0.4 is 10.1 Å². The zero-order valence-electron chi connectivity index (χ0n) is 17.4. The second-order valence-corrected chi connectivity index (χ2v) is 7.40. The number of nitrogens with zero attached hydrogens (tertiary/aromatic N) is 3. The zero-order valence-corrected chi connectivity index (χ0v) is 17.4. The highest BCUT2D eigenvalue weighted by Crippen LogP contribution is 2.36. The van der Waals surface area contributed by atoms with Gasteiger partial charge in [0.15, 0.2) is 5.65 Å². The van der Waals surface area contributed by atoms with Crippen molar-refractivity contribution < 1.29 is 4.74 Å². The van der Waals surface area contributed by atoms with Crippen LogP contribution in [0.2, 0.25) is 0 Å². The van der Waals surface area contributed by atoms with Crippen LogP contribution in [-0.2, 0) is 0 Å². The Morgan fingerprint density at radius 2 is 1.71 bits per heavy atom. The highest BCUT2D eigenvalue weighted by atomic mass is 16.5. The lowest BCUT2D eigenvalue weighted by molar-refractivity contribution is 0.415. The summed E-state index contributed by atoms with van der Waals surface area (Å²) < 4.78 is 7.50. The summed E-state index contributed by atoms with van der Waals surface area (Å²) >= 11 is 0. The lowest BCUT2D eigenvalue weighted by Gasteiger charge is -2.10. The molecule has 0 amide bonds. The van der Waals surface area contributed by atoms with Gasteiger partial charge in [-0.1, -0.05) is 48.5 Å². The van der Waals surface area contributed by atoms with E-state index in [2.05, 4.69) is 69.4 Å².